The summed E-state index contributed by atoms with van der Waals surface area (Å²) < 4.78 is 42.1. The summed E-state index contributed by atoms with van der Waals surface area (Å²) in [6.07, 6.45) is -1.39. The summed E-state index contributed by atoms with van der Waals surface area (Å²) in [6, 6.07) is 9.84. The van der Waals surface area contributed by atoms with E-state index < -0.39 is 24.2 Å². The van der Waals surface area contributed by atoms with Crippen molar-refractivity contribution >= 4 is 23.3 Å². The Hall–Kier alpha value is -3.07. The van der Waals surface area contributed by atoms with E-state index in [0.29, 0.717) is 5.56 Å². The van der Waals surface area contributed by atoms with Crippen molar-refractivity contribution in [1.82, 2.24) is 15.1 Å². The molecule has 1 aliphatic heterocycles. The van der Waals surface area contributed by atoms with Gasteiger partial charge < -0.3 is 10.6 Å². The number of aromatic nitrogens is 3. The molecule has 2 unspecified atom stereocenters. The number of H-pyrrole nitrogens is 1. The molecule has 0 radical (unpaired) electrons. The fourth-order valence-electron chi connectivity index (χ4n) is 3.45. The van der Waals surface area contributed by atoms with E-state index in [2.05, 4.69) is 20.7 Å². The normalized spacial score (nSPS) is 18.4. The smallest absolute Gasteiger partial charge is 0.362 e. The van der Waals surface area contributed by atoms with Crippen molar-refractivity contribution in [1.29, 1.82) is 0 Å². The lowest BCUT2D eigenvalue weighted by Gasteiger charge is -2.33. The third kappa shape index (κ3) is 3.97. The van der Waals surface area contributed by atoms with Crippen LogP contribution in [0, 0.1) is 0 Å². The zero-order chi connectivity index (χ0) is 21.3. The minimum Gasteiger partial charge on any atom is -0.362 e. The van der Waals surface area contributed by atoms with Gasteiger partial charge in [-0.05, 0) is 11.6 Å². The van der Waals surface area contributed by atoms with Crippen LogP contribution in [0.15, 0.2) is 54.9 Å². The summed E-state index contributed by atoms with van der Waals surface area (Å²) in [5.41, 5.74) is 1.24. The van der Waals surface area contributed by atoms with Crippen LogP contribution < -0.4 is 15.6 Å². The number of aromatic amines is 1. The molecule has 0 fully saturated rings. The molecule has 4 rings (SSSR count). The summed E-state index contributed by atoms with van der Waals surface area (Å²) in [5.74, 6) is -0.665. The molecule has 3 heterocycles. The second-order valence-electron chi connectivity index (χ2n) is 6.95. The first-order valence-electron chi connectivity index (χ1n) is 9.24. The first kappa shape index (κ1) is 20.2. The van der Waals surface area contributed by atoms with Gasteiger partial charge in [-0.2, -0.15) is 18.3 Å². The number of nitrogens with zero attached hydrogens (tertiary/aromatic N) is 2. The average molecular weight is 437 g/mol. The second-order valence-corrected chi connectivity index (χ2v) is 7.33. The summed E-state index contributed by atoms with van der Waals surface area (Å²) in [7, 11) is 0. The summed E-state index contributed by atoms with van der Waals surface area (Å²) >= 11 is 6.31. The minimum atomic E-state index is -4.55. The molecule has 2 atom stereocenters. The Morgan fingerprint density at radius 1 is 1.27 bits per heavy atom. The highest BCUT2D eigenvalue weighted by molar-refractivity contribution is 6.36. The van der Waals surface area contributed by atoms with E-state index in [1.54, 1.807) is 54.9 Å². The van der Waals surface area contributed by atoms with Gasteiger partial charge in [0, 0.05) is 24.6 Å². The molecule has 156 valence electrons. The first-order chi connectivity index (χ1) is 14.3. The number of halogens is 4. The van der Waals surface area contributed by atoms with E-state index >= 15 is 0 Å². The van der Waals surface area contributed by atoms with Crippen LogP contribution in [-0.2, 0) is 6.54 Å². The quantitative estimate of drug-likeness (QED) is 0.650. The van der Waals surface area contributed by atoms with Crippen molar-refractivity contribution in [2.45, 2.75) is 31.2 Å². The highest BCUT2D eigenvalue weighted by atomic mass is 35.5. The van der Waals surface area contributed by atoms with Crippen molar-refractivity contribution < 1.29 is 22.9 Å². The number of amides is 1. The van der Waals surface area contributed by atoms with Crippen LogP contribution in [-0.4, -0.2) is 21.9 Å². The fourth-order valence-corrected chi connectivity index (χ4v) is 3.71. The zero-order valence-electron chi connectivity index (χ0n) is 15.6. The Kier molecular flexibility index (Phi) is 5.38. The van der Waals surface area contributed by atoms with Crippen molar-refractivity contribution in [3.63, 3.8) is 0 Å². The standard InChI is InChI=1S/C20H17ClF3N5O/c21-16-17(19(30)26-11-12-5-4-8-25-10-12)28-29-15(20(22,23)24)9-14(27-18(16)29)13-6-2-1-3-7-13/h1-8,10,14-15,27H,9,11H2,(H,26,30)/p+1. The monoisotopic (exact) mass is 436 g/mol. The van der Waals surface area contributed by atoms with Crippen molar-refractivity contribution in [3.05, 3.63) is 76.7 Å². The third-order valence-electron chi connectivity index (χ3n) is 4.94. The lowest BCUT2D eigenvalue weighted by Crippen LogP contribution is -2.35. The van der Waals surface area contributed by atoms with Gasteiger partial charge in [-0.25, -0.2) is 9.67 Å². The first-order valence-corrected chi connectivity index (χ1v) is 9.62. The SMILES string of the molecule is O=C(NCc1ccc[nH+]c1)c1nn2c(c1Cl)NC(c1ccccc1)CC2C(F)(F)F. The van der Waals surface area contributed by atoms with E-state index in [-0.39, 0.29) is 29.5 Å². The fraction of sp³-hybridized carbons (Fsp3) is 0.250. The number of rotatable bonds is 4. The van der Waals surface area contributed by atoms with Gasteiger partial charge >= 0.3 is 6.18 Å². The number of hydrogen-bond donors (Lipinski definition) is 2. The number of pyridine rings is 1. The summed E-state index contributed by atoms with van der Waals surface area (Å²) in [5, 5.41) is 9.43. The van der Waals surface area contributed by atoms with Crippen LogP contribution in [0.3, 0.4) is 0 Å². The minimum absolute atomic E-state index is 0.0164. The number of anilines is 1. The topological polar surface area (TPSA) is 73.1 Å². The number of nitrogens with one attached hydrogen (secondary N) is 3. The molecule has 0 saturated heterocycles. The van der Waals surface area contributed by atoms with Crippen LogP contribution in [0.2, 0.25) is 5.02 Å². The number of alkyl halides is 3. The van der Waals surface area contributed by atoms with Crippen molar-refractivity contribution in [2.75, 3.05) is 5.32 Å². The van der Waals surface area contributed by atoms with E-state index in [1.165, 1.54) is 0 Å². The Morgan fingerprint density at radius 2 is 2.03 bits per heavy atom. The van der Waals surface area contributed by atoms with Gasteiger partial charge in [0.1, 0.15) is 10.8 Å². The molecule has 0 saturated carbocycles. The van der Waals surface area contributed by atoms with Crippen molar-refractivity contribution in [3.8, 4) is 0 Å². The van der Waals surface area contributed by atoms with Gasteiger partial charge in [-0.3, -0.25) is 4.79 Å². The molecule has 0 bridgehead atoms. The predicted molar refractivity (Wildman–Crippen MR) is 104 cm³/mol. The number of benzene rings is 1. The Balaban J connectivity index is 1.64. The Labute approximate surface area is 175 Å². The molecule has 1 amide bonds. The lowest BCUT2D eigenvalue weighted by molar-refractivity contribution is -0.378. The van der Waals surface area contributed by atoms with Gasteiger partial charge in [0.2, 0.25) is 0 Å². The largest absolute Gasteiger partial charge is 0.410 e. The van der Waals surface area contributed by atoms with E-state index in [1.807, 2.05) is 0 Å². The van der Waals surface area contributed by atoms with Gasteiger partial charge in [0.25, 0.3) is 5.91 Å². The molecule has 0 aliphatic carbocycles. The Morgan fingerprint density at radius 3 is 2.70 bits per heavy atom. The maximum Gasteiger partial charge on any atom is 0.410 e. The molecule has 30 heavy (non-hydrogen) atoms. The second kappa shape index (κ2) is 7.98. The predicted octanol–water partition coefficient (Wildman–Crippen LogP) is 3.94. The summed E-state index contributed by atoms with van der Waals surface area (Å²) in [6.45, 7) is 0.178. The third-order valence-corrected chi connectivity index (χ3v) is 5.30. The van der Waals surface area contributed by atoms with E-state index in [4.69, 9.17) is 11.6 Å². The molecule has 6 nitrogen and oxygen atoms in total. The molecule has 3 N–H and O–H groups in total. The van der Waals surface area contributed by atoms with Crippen LogP contribution in [0.25, 0.3) is 0 Å². The van der Waals surface area contributed by atoms with Crippen LogP contribution in [0.4, 0.5) is 19.0 Å². The maximum absolute atomic E-state index is 13.8. The molecule has 10 heteroatoms. The Bertz CT molecular complexity index is 1040. The van der Waals surface area contributed by atoms with Gasteiger partial charge in [0.05, 0.1) is 6.04 Å². The number of carbonyl (C=O) groups is 1. The number of hydrogen-bond acceptors (Lipinski definition) is 3. The van der Waals surface area contributed by atoms with Crippen molar-refractivity contribution in [2.24, 2.45) is 0 Å². The molecular formula is C20H18ClF3N5O+. The molecule has 1 aliphatic rings. The van der Waals surface area contributed by atoms with Crippen LogP contribution in [0.1, 0.15) is 40.1 Å². The highest BCUT2D eigenvalue weighted by Gasteiger charge is 2.47. The number of carbonyl (C=O) groups excluding carboxylic acids is 1. The molecule has 3 aromatic rings. The molecule has 1 aromatic carbocycles. The van der Waals surface area contributed by atoms with E-state index in [0.717, 1.165) is 10.2 Å². The molecule has 0 spiro atoms. The molecule has 2 aromatic heterocycles. The molecular weight excluding hydrogens is 419 g/mol. The number of fused-ring (bicyclic) bond motifs is 1. The highest BCUT2D eigenvalue weighted by Crippen LogP contribution is 2.46. The zero-order valence-corrected chi connectivity index (χ0v) is 16.3. The van der Waals surface area contributed by atoms with Crippen LogP contribution in [0.5, 0.6) is 0 Å². The van der Waals surface area contributed by atoms with Gasteiger partial charge in [0.15, 0.2) is 24.1 Å². The van der Waals surface area contributed by atoms with Gasteiger partial charge in [-0.15, -0.1) is 0 Å². The van der Waals surface area contributed by atoms with E-state index in [9.17, 15) is 18.0 Å². The van der Waals surface area contributed by atoms with Crippen LogP contribution >= 0.6 is 11.6 Å². The maximum atomic E-state index is 13.8. The lowest BCUT2D eigenvalue weighted by atomic mass is 9.97. The average Bonchev–Trinajstić information content (AvgIpc) is 3.08. The summed E-state index contributed by atoms with van der Waals surface area (Å²) in [4.78, 5) is 15.5. The van der Waals surface area contributed by atoms with Gasteiger partial charge in [-0.1, -0.05) is 41.9 Å².